The minimum atomic E-state index is -1.87. The molecule has 0 bridgehead atoms. The average Bonchev–Trinajstić information content (AvgIpc) is 2.02. The SMILES string of the molecule is [B]C(N)(O)c1ccc(OC)c(Cl)c1. The second-order valence-electron chi connectivity index (χ2n) is 2.67. The van der Waals surface area contributed by atoms with Gasteiger partial charge in [0.05, 0.1) is 17.8 Å². The van der Waals surface area contributed by atoms with Crippen LogP contribution in [0.2, 0.25) is 5.02 Å². The molecule has 0 heterocycles. The van der Waals surface area contributed by atoms with E-state index in [1.165, 1.54) is 13.2 Å². The molecular formula is C8H9BClNO2. The molecule has 0 aromatic heterocycles. The Hall–Kier alpha value is -0.705. The molecule has 1 unspecified atom stereocenters. The van der Waals surface area contributed by atoms with Gasteiger partial charge < -0.3 is 15.6 Å². The van der Waals surface area contributed by atoms with Crippen molar-refractivity contribution in [2.75, 3.05) is 7.11 Å². The fourth-order valence-electron chi connectivity index (χ4n) is 0.915. The van der Waals surface area contributed by atoms with Crippen LogP contribution in [0.5, 0.6) is 5.75 Å². The van der Waals surface area contributed by atoms with Gasteiger partial charge in [0, 0.05) is 0 Å². The Morgan fingerprint density at radius 1 is 1.62 bits per heavy atom. The van der Waals surface area contributed by atoms with Gasteiger partial charge >= 0.3 is 0 Å². The molecule has 0 aliphatic rings. The molecule has 0 saturated heterocycles. The van der Waals surface area contributed by atoms with Crippen LogP contribution in [0.25, 0.3) is 0 Å². The first-order valence-electron chi connectivity index (χ1n) is 3.59. The third-order valence-electron chi connectivity index (χ3n) is 1.61. The average molecular weight is 197 g/mol. The van der Waals surface area contributed by atoms with Crippen LogP contribution in [-0.2, 0) is 5.62 Å². The Labute approximate surface area is 82.9 Å². The van der Waals surface area contributed by atoms with Crippen LogP contribution in [0.15, 0.2) is 18.2 Å². The summed E-state index contributed by atoms with van der Waals surface area (Å²) in [5.41, 5.74) is 3.72. The van der Waals surface area contributed by atoms with Crippen LogP contribution in [0, 0.1) is 0 Å². The van der Waals surface area contributed by atoms with Crippen molar-refractivity contribution in [3.63, 3.8) is 0 Å². The smallest absolute Gasteiger partial charge is 0.142 e. The van der Waals surface area contributed by atoms with Gasteiger partial charge in [0.2, 0.25) is 0 Å². The van der Waals surface area contributed by atoms with Crippen LogP contribution in [0.4, 0.5) is 0 Å². The monoisotopic (exact) mass is 197 g/mol. The third-order valence-corrected chi connectivity index (χ3v) is 1.91. The van der Waals surface area contributed by atoms with Crippen LogP contribution in [-0.4, -0.2) is 20.1 Å². The van der Waals surface area contributed by atoms with E-state index in [4.69, 9.17) is 29.9 Å². The molecule has 1 rings (SSSR count). The zero-order valence-electron chi connectivity index (χ0n) is 7.12. The zero-order chi connectivity index (χ0) is 10.1. The van der Waals surface area contributed by atoms with Gasteiger partial charge in [-0.1, -0.05) is 17.7 Å². The molecule has 1 aromatic carbocycles. The molecule has 0 aliphatic heterocycles. The van der Waals surface area contributed by atoms with Crippen molar-refractivity contribution >= 4 is 19.4 Å². The molecule has 13 heavy (non-hydrogen) atoms. The lowest BCUT2D eigenvalue weighted by molar-refractivity contribution is 0.136. The molecule has 1 aromatic rings. The van der Waals surface area contributed by atoms with Gasteiger partial charge in [0.1, 0.15) is 13.6 Å². The van der Waals surface area contributed by atoms with Gasteiger partial charge in [-0.15, -0.1) is 0 Å². The lowest BCUT2D eigenvalue weighted by atomic mass is 9.85. The Kier molecular flexibility index (Phi) is 2.85. The van der Waals surface area contributed by atoms with E-state index in [2.05, 4.69) is 0 Å². The second-order valence-corrected chi connectivity index (χ2v) is 3.08. The molecule has 3 nitrogen and oxygen atoms in total. The number of rotatable bonds is 2. The molecule has 0 spiro atoms. The highest BCUT2D eigenvalue weighted by Crippen LogP contribution is 2.27. The molecule has 0 fully saturated rings. The zero-order valence-corrected chi connectivity index (χ0v) is 7.88. The van der Waals surface area contributed by atoms with E-state index in [0.717, 1.165) is 0 Å². The summed E-state index contributed by atoms with van der Waals surface area (Å²) in [6, 6.07) is 4.59. The molecule has 2 radical (unpaired) electrons. The number of hydrogen-bond acceptors (Lipinski definition) is 3. The van der Waals surface area contributed by atoms with E-state index in [1.807, 2.05) is 0 Å². The summed E-state index contributed by atoms with van der Waals surface area (Å²) >= 11 is 5.79. The number of hydrogen-bond donors (Lipinski definition) is 2. The van der Waals surface area contributed by atoms with Gasteiger partial charge in [-0.3, -0.25) is 0 Å². The molecule has 68 valence electrons. The Balaban J connectivity index is 3.10. The van der Waals surface area contributed by atoms with Gasteiger partial charge in [0.25, 0.3) is 0 Å². The molecule has 0 saturated carbocycles. The largest absolute Gasteiger partial charge is 0.495 e. The maximum absolute atomic E-state index is 9.23. The molecule has 5 heteroatoms. The van der Waals surface area contributed by atoms with Crippen LogP contribution >= 0.6 is 11.6 Å². The lowest BCUT2D eigenvalue weighted by Gasteiger charge is -2.19. The molecule has 0 amide bonds. The fraction of sp³-hybridized carbons (Fsp3) is 0.250. The maximum Gasteiger partial charge on any atom is 0.142 e. The number of methoxy groups -OCH3 is 1. The Morgan fingerprint density at radius 2 is 2.23 bits per heavy atom. The summed E-state index contributed by atoms with van der Waals surface area (Å²) in [4.78, 5) is 0. The first kappa shape index (κ1) is 10.4. The summed E-state index contributed by atoms with van der Waals surface area (Å²) in [7, 11) is 6.75. The van der Waals surface area contributed by atoms with Gasteiger partial charge in [-0.25, -0.2) is 0 Å². The van der Waals surface area contributed by atoms with Crippen LogP contribution in [0.3, 0.4) is 0 Å². The van der Waals surface area contributed by atoms with E-state index in [9.17, 15) is 5.11 Å². The molecule has 3 N–H and O–H groups in total. The summed E-state index contributed by atoms with van der Waals surface area (Å²) in [5.74, 6) is 0.509. The number of aliphatic hydroxyl groups is 1. The molecule has 0 aliphatic carbocycles. The topological polar surface area (TPSA) is 55.5 Å². The minimum Gasteiger partial charge on any atom is -0.495 e. The first-order chi connectivity index (χ1) is 5.95. The highest BCUT2D eigenvalue weighted by Gasteiger charge is 2.16. The minimum absolute atomic E-state index is 0.332. The van der Waals surface area contributed by atoms with Gasteiger partial charge in [0.15, 0.2) is 0 Å². The lowest BCUT2D eigenvalue weighted by Crippen LogP contribution is -2.36. The number of benzene rings is 1. The van der Waals surface area contributed by atoms with Crippen molar-refractivity contribution in [2.24, 2.45) is 5.73 Å². The van der Waals surface area contributed by atoms with Crippen molar-refractivity contribution in [3.8, 4) is 5.75 Å². The highest BCUT2D eigenvalue weighted by atomic mass is 35.5. The predicted molar refractivity (Wildman–Crippen MR) is 51.8 cm³/mol. The molecular weight excluding hydrogens is 188 g/mol. The number of ether oxygens (including phenoxy) is 1. The summed E-state index contributed by atoms with van der Waals surface area (Å²) in [6.45, 7) is 0. The van der Waals surface area contributed by atoms with E-state index in [0.29, 0.717) is 16.3 Å². The van der Waals surface area contributed by atoms with Crippen molar-refractivity contribution in [2.45, 2.75) is 5.62 Å². The van der Waals surface area contributed by atoms with Gasteiger partial charge in [-0.05, 0) is 17.7 Å². The van der Waals surface area contributed by atoms with Crippen molar-refractivity contribution in [3.05, 3.63) is 28.8 Å². The van der Waals surface area contributed by atoms with E-state index in [-0.39, 0.29) is 0 Å². The van der Waals surface area contributed by atoms with Crippen molar-refractivity contribution in [1.82, 2.24) is 0 Å². The fourth-order valence-corrected chi connectivity index (χ4v) is 1.17. The van der Waals surface area contributed by atoms with Crippen LogP contribution < -0.4 is 10.5 Å². The summed E-state index contributed by atoms with van der Waals surface area (Å²) in [5, 5.41) is 9.59. The summed E-state index contributed by atoms with van der Waals surface area (Å²) in [6.07, 6.45) is 0. The Bertz CT molecular complexity index is 312. The van der Waals surface area contributed by atoms with Crippen LogP contribution in [0.1, 0.15) is 5.56 Å². The maximum atomic E-state index is 9.23. The van der Waals surface area contributed by atoms with Gasteiger partial charge in [-0.2, -0.15) is 0 Å². The quantitative estimate of drug-likeness (QED) is 0.539. The standard InChI is InChI=1S/C8H9BClNO2/c1-13-7-3-2-5(4-6(7)10)8(9,11)12/h2-4,12H,11H2,1H3. The second kappa shape index (κ2) is 3.58. The van der Waals surface area contributed by atoms with E-state index in [1.54, 1.807) is 12.1 Å². The normalized spacial score (nSPS) is 15.1. The van der Waals surface area contributed by atoms with E-state index >= 15 is 0 Å². The number of nitrogens with two attached hydrogens (primary N) is 1. The van der Waals surface area contributed by atoms with E-state index < -0.39 is 5.62 Å². The summed E-state index contributed by atoms with van der Waals surface area (Å²) < 4.78 is 4.92. The number of halogens is 1. The molecule has 1 atom stereocenters. The van der Waals surface area contributed by atoms with Crippen molar-refractivity contribution < 1.29 is 9.84 Å². The first-order valence-corrected chi connectivity index (χ1v) is 3.97. The Morgan fingerprint density at radius 3 is 2.62 bits per heavy atom. The highest BCUT2D eigenvalue weighted by molar-refractivity contribution is 6.32. The predicted octanol–water partition coefficient (Wildman–Crippen LogP) is 0.578. The third kappa shape index (κ3) is 2.37. The van der Waals surface area contributed by atoms with Crippen molar-refractivity contribution in [1.29, 1.82) is 0 Å².